The highest BCUT2D eigenvalue weighted by molar-refractivity contribution is 5.98. The molecule has 0 bridgehead atoms. The number of carboxylic acid groups (broad SMARTS) is 1. The zero-order chi connectivity index (χ0) is 14.8. The standard InChI is InChI=1S/C16H25NO3/c1-2-3-4-5-6-7-8-9-10-15(18)13-11-14(16(19)20)17-12-13/h11-12,17H,2-10H2,1H3,(H,19,20)/p-1. The molecule has 0 aliphatic carbocycles. The largest absolute Gasteiger partial charge is 0.543 e. The van der Waals surface area contributed by atoms with Gasteiger partial charge < -0.3 is 14.9 Å². The Morgan fingerprint density at radius 2 is 1.65 bits per heavy atom. The van der Waals surface area contributed by atoms with Crippen LogP contribution >= 0.6 is 0 Å². The predicted octanol–water partition coefficient (Wildman–Crippen LogP) is 3.09. The highest BCUT2D eigenvalue weighted by atomic mass is 16.4. The van der Waals surface area contributed by atoms with E-state index < -0.39 is 5.97 Å². The molecule has 0 fully saturated rings. The van der Waals surface area contributed by atoms with Gasteiger partial charge in [0.2, 0.25) is 0 Å². The number of Topliss-reactive ketones (excluding diaryl/α,β-unsaturated/α-hetero) is 1. The van der Waals surface area contributed by atoms with E-state index in [4.69, 9.17) is 0 Å². The van der Waals surface area contributed by atoms with Crippen LogP contribution < -0.4 is 5.11 Å². The highest BCUT2D eigenvalue weighted by Crippen LogP contribution is 2.12. The van der Waals surface area contributed by atoms with Crippen molar-refractivity contribution in [1.29, 1.82) is 0 Å². The molecule has 1 rings (SSSR count). The highest BCUT2D eigenvalue weighted by Gasteiger charge is 2.08. The van der Waals surface area contributed by atoms with E-state index >= 15 is 0 Å². The van der Waals surface area contributed by atoms with E-state index in [0.29, 0.717) is 12.0 Å². The van der Waals surface area contributed by atoms with Gasteiger partial charge in [-0.3, -0.25) is 4.79 Å². The summed E-state index contributed by atoms with van der Waals surface area (Å²) < 4.78 is 0. The molecule has 0 spiro atoms. The second-order valence-electron chi connectivity index (χ2n) is 5.24. The van der Waals surface area contributed by atoms with Gasteiger partial charge in [-0.25, -0.2) is 0 Å². The molecular formula is C16H24NO3-. The third kappa shape index (κ3) is 6.04. The topological polar surface area (TPSA) is 73.0 Å². The first-order valence-electron chi connectivity index (χ1n) is 7.58. The third-order valence-electron chi connectivity index (χ3n) is 3.48. The Balaban J connectivity index is 2.12. The number of carbonyl (C=O) groups is 2. The Morgan fingerprint density at radius 1 is 1.05 bits per heavy atom. The first-order valence-corrected chi connectivity index (χ1v) is 7.58. The maximum Gasteiger partial charge on any atom is 0.164 e. The van der Waals surface area contributed by atoms with Gasteiger partial charge >= 0.3 is 0 Å². The van der Waals surface area contributed by atoms with Crippen LogP contribution in [0.25, 0.3) is 0 Å². The van der Waals surface area contributed by atoms with Crippen molar-refractivity contribution in [2.45, 2.75) is 64.7 Å². The minimum atomic E-state index is -1.28. The van der Waals surface area contributed by atoms with Crippen LogP contribution in [0.3, 0.4) is 0 Å². The fourth-order valence-electron chi connectivity index (χ4n) is 2.24. The lowest BCUT2D eigenvalue weighted by molar-refractivity contribution is -0.255. The number of hydrogen-bond donors (Lipinski definition) is 1. The monoisotopic (exact) mass is 278 g/mol. The Bertz CT molecular complexity index is 423. The van der Waals surface area contributed by atoms with Gasteiger partial charge in [-0.15, -0.1) is 0 Å². The van der Waals surface area contributed by atoms with E-state index in [-0.39, 0.29) is 11.5 Å². The summed E-state index contributed by atoms with van der Waals surface area (Å²) in [6.45, 7) is 2.21. The third-order valence-corrected chi connectivity index (χ3v) is 3.48. The number of unbranched alkanes of at least 4 members (excludes halogenated alkanes) is 7. The minimum absolute atomic E-state index is 0.000247. The SMILES string of the molecule is CCCCCCCCCCC(=O)c1c[nH]c(C(=O)[O-])c1. The molecule has 1 N–H and O–H groups in total. The van der Waals surface area contributed by atoms with Crippen molar-refractivity contribution in [3.05, 3.63) is 23.5 Å². The lowest BCUT2D eigenvalue weighted by Crippen LogP contribution is -2.22. The van der Waals surface area contributed by atoms with Crippen molar-refractivity contribution in [2.24, 2.45) is 0 Å². The van der Waals surface area contributed by atoms with Gasteiger partial charge in [0.05, 0.1) is 11.7 Å². The number of hydrogen-bond acceptors (Lipinski definition) is 3. The second kappa shape index (κ2) is 9.34. The maximum absolute atomic E-state index is 11.8. The van der Waals surface area contributed by atoms with Gasteiger partial charge in [-0.1, -0.05) is 51.9 Å². The van der Waals surface area contributed by atoms with Crippen LogP contribution in [0.15, 0.2) is 12.3 Å². The lowest BCUT2D eigenvalue weighted by atomic mass is 10.0. The summed E-state index contributed by atoms with van der Waals surface area (Å²) >= 11 is 0. The number of ketones is 1. The van der Waals surface area contributed by atoms with Crippen molar-refractivity contribution in [1.82, 2.24) is 4.98 Å². The summed E-state index contributed by atoms with van der Waals surface area (Å²) in [5.41, 5.74) is 0.399. The van der Waals surface area contributed by atoms with Gasteiger partial charge in [0.15, 0.2) is 5.78 Å². The molecule has 4 heteroatoms. The van der Waals surface area contributed by atoms with Gasteiger partial charge in [0, 0.05) is 18.2 Å². The number of nitrogens with one attached hydrogen (secondary N) is 1. The molecule has 0 amide bonds. The molecule has 0 aliphatic rings. The smallest absolute Gasteiger partial charge is 0.164 e. The molecule has 0 atom stereocenters. The predicted molar refractivity (Wildman–Crippen MR) is 76.7 cm³/mol. The number of carbonyl (C=O) groups excluding carboxylic acids is 2. The Labute approximate surface area is 120 Å². The first-order chi connectivity index (χ1) is 9.65. The quantitative estimate of drug-likeness (QED) is 0.499. The summed E-state index contributed by atoms with van der Waals surface area (Å²) in [7, 11) is 0. The van der Waals surface area contributed by atoms with Crippen molar-refractivity contribution in [2.75, 3.05) is 0 Å². The van der Waals surface area contributed by atoms with Crippen LogP contribution in [0.4, 0.5) is 0 Å². The average molecular weight is 278 g/mol. The molecule has 112 valence electrons. The van der Waals surface area contributed by atoms with Crippen LogP contribution in [0.2, 0.25) is 0 Å². The fraction of sp³-hybridized carbons (Fsp3) is 0.625. The van der Waals surface area contributed by atoms with E-state index in [1.54, 1.807) is 0 Å². The van der Waals surface area contributed by atoms with Gasteiger partial charge in [0.25, 0.3) is 0 Å². The molecule has 1 aromatic rings. The normalized spacial score (nSPS) is 10.7. The van der Waals surface area contributed by atoms with Crippen molar-refractivity contribution < 1.29 is 14.7 Å². The maximum atomic E-state index is 11.8. The van der Waals surface area contributed by atoms with E-state index in [2.05, 4.69) is 11.9 Å². The molecule has 4 nitrogen and oxygen atoms in total. The molecule has 0 saturated carbocycles. The van der Waals surface area contributed by atoms with Crippen LogP contribution in [-0.4, -0.2) is 16.7 Å². The van der Waals surface area contributed by atoms with E-state index in [9.17, 15) is 14.7 Å². The minimum Gasteiger partial charge on any atom is -0.543 e. The molecule has 1 aromatic heterocycles. The molecule has 0 radical (unpaired) electrons. The van der Waals surface area contributed by atoms with Gasteiger partial charge in [-0.2, -0.15) is 0 Å². The molecular weight excluding hydrogens is 254 g/mol. The van der Waals surface area contributed by atoms with Crippen LogP contribution in [-0.2, 0) is 0 Å². The molecule has 20 heavy (non-hydrogen) atoms. The molecule has 0 saturated heterocycles. The second-order valence-corrected chi connectivity index (χ2v) is 5.24. The Hall–Kier alpha value is -1.58. The average Bonchev–Trinajstić information content (AvgIpc) is 2.91. The molecule has 1 heterocycles. The zero-order valence-electron chi connectivity index (χ0n) is 12.2. The van der Waals surface area contributed by atoms with Crippen LogP contribution in [0, 0.1) is 0 Å². The molecule has 0 unspecified atom stereocenters. The Kier molecular flexibility index (Phi) is 7.70. The Morgan fingerprint density at radius 3 is 2.20 bits per heavy atom. The van der Waals surface area contributed by atoms with E-state index in [1.807, 2.05) is 0 Å². The zero-order valence-corrected chi connectivity index (χ0v) is 12.2. The van der Waals surface area contributed by atoms with Crippen LogP contribution in [0.1, 0.15) is 85.6 Å². The van der Waals surface area contributed by atoms with E-state index in [1.165, 1.54) is 50.8 Å². The van der Waals surface area contributed by atoms with Crippen molar-refractivity contribution >= 4 is 11.8 Å². The van der Waals surface area contributed by atoms with Crippen molar-refractivity contribution in [3.63, 3.8) is 0 Å². The summed E-state index contributed by atoms with van der Waals surface area (Å²) in [5, 5.41) is 10.6. The van der Waals surface area contributed by atoms with Gasteiger partial charge in [0.1, 0.15) is 0 Å². The summed E-state index contributed by atoms with van der Waals surface area (Å²) in [5.74, 6) is -1.28. The fourth-order valence-corrected chi connectivity index (χ4v) is 2.24. The number of aromatic amines is 1. The van der Waals surface area contributed by atoms with Gasteiger partial charge in [-0.05, 0) is 12.5 Å². The summed E-state index contributed by atoms with van der Waals surface area (Å²) in [6.07, 6.45) is 11.5. The first kappa shape index (κ1) is 16.5. The van der Waals surface area contributed by atoms with E-state index in [0.717, 1.165) is 12.8 Å². The van der Waals surface area contributed by atoms with Crippen LogP contribution in [0.5, 0.6) is 0 Å². The summed E-state index contributed by atoms with van der Waals surface area (Å²) in [4.78, 5) is 24.9. The lowest BCUT2D eigenvalue weighted by Gasteiger charge is -2.01. The summed E-state index contributed by atoms with van der Waals surface area (Å²) in [6, 6.07) is 1.35. The van der Waals surface area contributed by atoms with Crippen molar-refractivity contribution in [3.8, 4) is 0 Å². The molecule has 0 aliphatic heterocycles. The number of aromatic nitrogens is 1. The number of H-pyrrole nitrogens is 1. The number of rotatable bonds is 11. The number of carboxylic acids is 1. The number of aromatic carboxylic acids is 1. The molecule has 0 aromatic carbocycles.